The van der Waals surface area contributed by atoms with Crippen molar-refractivity contribution in [2.75, 3.05) is 29.3 Å². The van der Waals surface area contributed by atoms with Gasteiger partial charge in [-0.05, 0) is 42.2 Å². The molecule has 1 heterocycles. The van der Waals surface area contributed by atoms with Crippen molar-refractivity contribution in [3.05, 3.63) is 58.1 Å². The van der Waals surface area contributed by atoms with Crippen molar-refractivity contribution >= 4 is 33.2 Å². The molecule has 0 aromatic heterocycles. The van der Waals surface area contributed by atoms with E-state index < -0.39 is 27.1 Å². The third-order valence-corrected chi connectivity index (χ3v) is 6.98. The average Bonchev–Trinajstić information content (AvgIpc) is 3.20. The number of alkyl carbamates (subject to hydrolysis) is 1. The van der Waals surface area contributed by atoms with Crippen molar-refractivity contribution in [3.8, 4) is 0 Å². The van der Waals surface area contributed by atoms with E-state index in [-0.39, 0.29) is 41.8 Å². The zero-order chi connectivity index (χ0) is 24.2. The molecular formula is C22H28N4O6S. The molecule has 1 atom stereocenters. The number of benzene rings is 2. The summed E-state index contributed by atoms with van der Waals surface area (Å²) in [4.78, 5) is 22.0. The molecule has 1 fully saturated rings. The first-order chi connectivity index (χ1) is 15.6. The van der Waals surface area contributed by atoms with Crippen LogP contribution < -0.4 is 14.9 Å². The molecule has 2 aromatic carbocycles. The van der Waals surface area contributed by atoms with E-state index in [2.05, 4.69) is 10.6 Å². The fourth-order valence-corrected chi connectivity index (χ4v) is 5.09. The van der Waals surface area contributed by atoms with Gasteiger partial charge in [0.15, 0.2) is 0 Å². The van der Waals surface area contributed by atoms with Gasteiger partial charge < -0.3 is 15.4 Å². The normalized spacial score (nSPS) is 15.8. The number of hydrogen-bond donors (Lipinski definition) is 2. The van der Waals surface area contributed by atoms with E-state index in [1.807, 2.05) is 32.9 Å². The smallest absolute Gasteiger partial charge is 0.407 e. The van der Waals surface area contributed by atoms with Crippen LogP contribution in [0, 0.1) is 16.0 Å². The second-order valence-corrected chi connectivity index (χ2v) is 10.0. The number of cyclic esters (lactones) is 1. The zero-order valence-corrected chi connectivity index (χ0v) is 19.6. The Kier molecular flexibility index (Phi) is 7.42. The minimum atomic E-state index is -4.06. The van der Waals surface area contributed by atoms with Gasteiger partial charge in [0.25, 0.3) is 15.7 Å². The molecule has 0 radical (unpaired) electrons. The van der Waals surface area contributed by atoms with Gasteiger partial charge in [0.1, 0.15) is 11.8 Å². The highest BCUT2D eigenvalue weighted by atomic mass is 32.2. The number of hydrogen-bond acceptors (Lipinski definition) is 7. The molecule has 0 aliphatic carbocycles. The van der Waals surface area contributed by atoms with Crippen LogP contribution >= 0.6 is 0 Å². The molecule has 178 valence electrons. The summed E-state index contributed by atoms with van der Waals surface area (Å²) in [5.41, 5.74) is 1.35. The number of amides is 1. The van der Waals surface area contributed by atoms with Crippen LogP contribution in [-0.4, -0.2) is 45.2 Å². The number of sulfonamides is 1. The predicted molar refractivity (Wildman–Crippen MR) is 125 cm³/mol. The Labute approximate surface area is 193 Å². The predicted octanol–water partition coefficient (Wildman–Crippen LogP) is 3.53. The van der Waals surface area contributed by atoms with E-state index in [1.54, 1.807) is 12.1 Å². The molecule has 10 nitrogen and oxygen atoms in total. The maximum absolute atomic E-state index is 13.5. The summed E-state index contributed by atoms with van der Waals surface area (Å²) in [6.07, 6.45) is -0.198. The molecule has 1 saturated heterocycles. The largest absolute Gasteiger partial charge is 0.442 e. The van der Waals surface area contributed by atoms with Crippen molar-refractivity contribution in [1.29, 1.82) is 0 Å². The molecule has 0 bridgehead atoms. The van der Waals surface area contributed by atoms with Crippen molar-refractivity contribution in [3.63, 3.8) is 0 Å². The van der Waals surface area contributed by atoms with Crippen molar-refractivity contribution in [2.45, 2.75) is 38.2 Å². The number of carbonyl (C=O) groups excluding carboxylic acids is 1. The molecule has 33 heavy (non-hydrogen) atoms. The highest BCUT2D eigenvalue weighted by Crippen LogP contribution is 2.31. The Morgan fingerprint density at radius 2 is 1.94 bits per heavy atom. The number of aryl methyl sites for hydroxylation is 1. The lowest BCUT2D eigenvalue weighted by atomic mass is 10.1. The van der Waals surface area contributed by atoms with Gasteiger partial charge in [-0.15, -0.1) is 0 Å². The minimum absolute atomic E-state index is 0.0317. The maximum Gasteiger partial charge on any atom is 0.407 e. The SMILES string of the molecule is CCc1ccc(N(CC(C)C)S(=O)(=O)c2ccc(NCC3CNC(=O)O3)c([N+](=O)[O-])c2)cc1. The third-order valence-electron chi connectivity index (χ3n) is 5.19. The molecule has 2 aromatic rings. The Balaban J connectivity index is 1.92. The Morgan fingerprint density at radius 3 is 2.48 bits per heavy atom. The molecule has 0 spiro atoms. The van der Waals surface area contributed by atoms with Crippen LogP contribution in [0.5, 0.6) is 0 Å². The van der Waals surface area contributed by atoms with Gasteiger partial charge in [-0.1, -0.05) is 32.9 Å². The van der Waals surface area contributed by atoms with Gasteiger partial charge in [0, 0.05) is 12.6 Å². The molecule has 2 N–H and O–H groups in total. The van der Waals surface area contributed by atoms with Gasteiger partial charge >= 0.3 is 6.09 Å². The van der Waals surface area contributed by atoms with Gasteiger partial charge in [-0.25, -0.2) is 13.2 Å². The Bertz CT molecular complexity index is 1120. The van der Waals surface area contributed by atoms with E-state index >= 15 is 0 Å². The summed E-state index contributed by atoms with van der Waals surface area (Å²) >= 11 is 0. The number of ether oxygens (including phenoxy) is 1. The van der Waals surface area contributed by atoms with Gasteiger partial charge in [0.2, 0.25) is 0 Å². The van der Waals surface area contributed by atoms with Crippen LogP contribution in [0.2, 0.25) is 0 Å². The number of rotatable bonds is 10. The second kappa shape index (κ2) is 10.1. The molecular weight excluding hydrogens is 448 g/mol. The fraction of sp³-hybridized carbons (Fsp3) is 0.409. The lowest BCUT2D eigenvalue weighted by molar-refractivity contribution is -0.384. The van der Waals surface area contributed by atoms with Crippen LogP contribution in [0.4, 0.5) is 21.9 Å². The van der Waals surface area contributed by atoms with Gasteiger partial charge in [-0.3, -0.25) is 14.4 Å². The summed E-state index contributed by atoms with van der Waals surface area (Å²) in [5.74, 6) is 0.0317. The van der Waals surface area contributed by atoms with E-state index in [0.717, 1.165) is 18.1 Å². The topological polar surface area (TPSA) is 131 Å². The number of nitro benzene ring substituents is 1. The van der Waals surface area contributed by atoms with Crippen LogP contribution in [0.25, 0.3) is 0 Å². The first-order valence-electron chi connectivity index (χ1n) is 10.7. The first kappa shape index (κ1) is 24.3. The molecule has 1 aliphatic heterocycles. The number of carbonyl (C=O) groups is 1. The maximum atomic E-state index is 13.5. The summed E-state index contributed by atoms with van der Waals surface area (Å²) in [5, 5.41) is 17.1. The summed E-state index contributed by atoms with van der Waals surface area (Å²) < 4.78 is 33.4. The van der Waals surface area contributed by atoms with Crippen molar-refractivity contribution in [2.24, 2.45) is 5.92 Å². The molecule has 1 aliphatic rings. The highest BCUT2D eigenvalue weighted by molar-refractivity contribution is 7.92. The average molecular weight is 477 g/mol. The first-order valence-corrected chi connectivity index (χ1v) is 12.1. The monoisotopic (exact) mass is 476 g/mol. The molecule has 1 amide bonds. The van der Waals surface area contributed by atoms with E-state index in [1.165, 1.54) is 16.4 Å². The van der Waals surface area contributed by atoms with Crippen LogP contribution in [0.1, 0.15) is 26.3 Å². The standard InChI is InChI=1S/C22H28N4O6S/c1-4-16-5-7-17(8-6-16)25(14-15(2)3)33(30,31)19-9-10-20(21(11-19)26(28)29)23-12-18-13-24-22(27)32-18/h5-11,15,18,23H,4,12-14H2,1-3H3,(H,24,27). The zero-order valence-electron chi connectivity index (χ0n) is 18.8. The number of nitrogens with one attached hydrogen (secondary N) is 2. The Morgan fingerprint density at radius 1 is 1.24 bits per heavy atom. The second-order valence-electron chi connectivity index (χ2n) is 8.18. The summed E-state index contributed by atoms with van der Waals surface area (Å²) in [6, 6.07) is 11.0. The molecule has 1 unspecified atom stereocenters. The van der Waals surface area contributed by atoms with Crippen LogP contribution in [-0.2, 0) is 21.2 Å². The quantitative estimate of drug-likeness (QED) is 0.396. The molecule has 3 rings (SSSR count). The number of nitrogens with zero attached hydrogens (tertiary/aromatic N) is 2. The summed E-state index contributed by atoms with van der Waals surface area (Å²) in [6.45, 7) is 6.48. The lowest BCUT2D eigenvalue weighted by Gasteiger charge is -2.26. The van der Waals surface area contributed by atoms with E-state index in [0.29, 0.717) is 5.69 Å². The lowest BCUT2D eigenvalue weighted by Crippen LogP contribution is -2.34. The van der Waals surface area contributed by atoms with Gasteiger partial charge in [0.05, 0.1) is 28.6 Å². The van der Waals surface area contributed by atoms with E-state index in [4.69, 9.17) is 4.74 Å². The van der Waals surface area contributed by atoms with Crippen molar-refractivity contribution in [1.82, 2.24) is 5.32 Å². The molecule has 0 saturated carbocycles. The number of nitro groups is 1. The Hall–Kier alpha value is -3.34. The van der Waals surface area contributed by atoms with E-state index in [9.17, 15) is 23.3 Å². The third kappa shape index (κ3) is 5.72. The molecule has 11 heteroatoms. The highest BCUT2D eigenvalue weighted by Gasteiger charge is 2.29. The number of anilines is 2. The fourth-order valence-electron chi connectivity index (χ4n) is 3.44. The van der Waals surface area contributed by atoms with Gasteiger partial charge in [-0.2, -0.15) is 0 Å². The van der Waals surface area contributed by atoms with Crippen molar-refractivity contribution < 1.29 is 22.9 Å². The minimum Gasteiger partial charge on any atom is -0.442 e. The summed E-state index contributed by atoms with van der Waals surface area (Å²) in [7, 11) is -4.06. The van der Waals surface area contributed by atoms with Crippen LogP contribution in [0.15, 0.2) is 47.4 Å². The van der Waals surface area contributed by atoms with Crippen LogP contribution in [0.3, 0.4) is 0 Å².